The fourth-order valence-corrected chi connectivity index (χ4v) is 8.33. The van der Waals surface area contributed by atoms with Crippen LogP contribution in [0.1, 0.15) is 67.2 Å². The van der Waals surface area contributed by atoms with E-state index in [0.717, 1.165) is 12.8 Å². The Bertz CT molecular complexity index is 996. The first kappa shape index (κ1) is 29.7. The highest BCUT2D eigenvalue weighted by Crippen LogP contribution is 2.70. The molecular formula is C29H44O11. The third-order valence-corrected chi connectivity index (χ3v) is 10.6. The lowest BCUT2D eigenvalue weighted by Crippen LogP contribution is -2.74. The van der Waals surface area contributed by atoms with Crippen molar-refractivity contribution < 1.29 is 52.6 Å². The maximum atomic E-state index is 12.8. The predicted molar refractivity (Wildman–Crippen MR) is 137 cm³/mol. The summed E-state index contributed by atoms with van der Waals surface area (Å²) in [6, 6.07) is 0. The van der Waals surface area contributed by atoms with Crippen LogP contribution in [-0.4, -0.2) is 85.9 Å². The Balaban J connectivity index is 1.60. The molecule has 3 aliphatic heterocycles. The van der Waals surface area contributed by atoms with E-state index in [0.29, 0.717) is 6.42 Å². The van der Waals surface area contributed by atoms with Crippen molar-refractivity contribution in [3.05, 3.63) is 0 Å². The molecular weight excluding hydrogens is 524 g/mol. The van der Waals surface area contributed by atoms with Crippen LogP contribution in [-0.2, 0) is 47.5 Å². The smallest absolute Gasteiger partial charge is 0.308 e. The van der Waals surface area contributed by atoms with Crippen LogP contribution in [0.15, 0.2) is 0 Å². The van der Waals surface area contributed by atoms with Crippen molar-refractivity contribution in [3.63, 3.8) is 0 Å². The lowest BCUT2D eigenvalue weighted by molar-refractivity contribution is -0.289. The number of aliphatic hydroxyl groups is 1. The molecule has 3 heterocycles. The summed E-state index contributed by atoms with van der Waals surface area (Å²) in [5.41, 5.74) is -2.85. The molecule has 0 amide bonds. The SMILES string of the molecule is CO[C@@H]1C[C@@H]2C[C@@H]([C@@]3(C)[C@H](C)C[C@H](OC(C)=O)[C@]4(COC(C)=O)[C@@H]3C[C@H](O)[C@H](OC(=O)C(C)C)[C@]43CO3)O[C@@H]2O1. The van der Waals surface area contributed by atoms with Crippen molar-refractivity contribution in [1.82, 2.24) is 0 Å². The number of esters is 3. The van der Waals surface area contributed by atoms with Crippen LogP contribution in [0.2, 0.25) is 0 Å². The van der Waals surface area contributed by atoms with Crippen molar-refractivity contribution in [3.8, 4) is 0 Å². The summed E-state index contributed by atoms with van der Waals surface area (Å²) in [6.45, 7) is 10.4. The Hall–Kier alpha value is -1.79. The van der Waals surface area contributed by atoms with Gasteiger partial charge in [-0.15, -0.1) is 0 Å². The van der Waals surface area contributed by atoms with Crippen molar-refractivity contribution >= 4 is 17.9 Å². The Morgan fingerprint density at radius 3 is 2.27 bits per heavy atom. The molecule has 12 atom stereocenters. The molecule has 5 rings (SSSR count). The van der Waals surface area contributed by atoms with Gasteiger partial charge in [-0.3, -0.25) is 14.4 Å². The van der Waals surface area contributed by atoms with Gasteiger partial charge in [0.2, 0.25) is 0 Å². The molecule has 0 aromatic heterocycles. The van der Waals surface area contributed by atoms with Gasteiger partial charge in [-0.05, 0) is 31.1 Å². The van der Waals surface area contributed by atoms with Gasteiger partial charge < -0.3 is 38.3 Å². The molecule has 1 N–H and O–H groups in total. The van der Waals surface area contributed by atoms with Gasteiger partial charge in [-0.25, -0.2) is 0 Å². The topological polar surface area (TPSA) is 139 Å². The van der Waals surface area contributed by atoms with Gasteiger partial charge in [-0.1, -0.05) is 27.7 Å². The number of methoxy groups -OCH3 is 1. The molecule has 0 bridgehead atoms. The number of carbonyl (C=O) groups excluding carboxylic acids is 3. The highest BCUT2D eigenvalue weighted by Gasteiger charge is 2.81. The van der Waals surface area contributed by atoms with Crippen molar-refractivity contribution in [1.29, 1.82) is 0 Å². The monoisotopic (exact) mass is 568 g/mol. The zero-order valence-corrected chi connectivity index (χ0v) is 24.5. The summed E-state index contributed by atoms with van der Waals surface area (Å²) >= 11 is 0. The third-order valence-electron chi connectivity index (χ3n) is 10.6. The van der Waals surface area contributed by atoms with Gasteiger partial charge in [0.25, 0.3) is 0 Å². The number of aliphatic hydroxyl groups excluding tert-OH is 1. The number of epoxide rings is 1. The van der Waals surface area contributed by atoms with Gasteiger partial charge in [0.05, 0.1) is 30.1 Å². The molecule has 2 saturated carbocycles. The number of ether oxygens (including phenoxy) is 7. The number of fused-ring (bicyclic) bond motifs is 3. The Labute approximate surface area is 235 Å². The first-order valence-electron chi connectivity index (χ1n) is 14.5. The largest absolute Gasteiger partial charge is 0.465 e. The van der Waals surface area contributed by atoms with E-state index in [1.54, 1.807) is 21.0 Å². The second-order valence-corrected chi connectivity index (χ2v) is 13.0. The summed E-state index contributed by atoms with van der Waals surface area (Å²) in [5, 5.41) is 11.6. The zero-order chi connectivity index (χ0) is 29.2. The molecule has 0 unspecified atom stereocenters. The molecule has 11 nitrogen and oxygen atoms in total. The molecule has 0 aromatic carbocycles. The Morgan fingerprint density at radius 1 is 1.02 bits per heavy atom. The zero-order valence-electron chi connectivity index (χ0n) is 24.5. The van der Waals surface area contributed by atoms with Crippen LogP contribution in [0.25, 0.3) is 0 Å². The molecule has 0 aromatic rings. The molecule has 1 spiro atoms. The van der Waals surface area contributed by atoms with E-state index in [9.17, 15) is 19.5 Å². The molecule has 0 radical (unpaired) electrons. The highest BCUT2D eigenvalue weighted by molar-refractivity contribution is 5.72. The first-order chi connectivity index (χ1) is 18.8. The standard InChI is InChI=1S/C29H44O11/c1-14(2)25(33)40-24-19(32)11-20-27(6,21-9-18-10-23(34-7)39-26(18)38-21)15(3)8-22(37-17(5)31)28(20,12-35-16(4)30)29(24)13-36-29/h14-15,18-24,26,32H,8-13H2,1-7H3/t15-,18+,19+,20-,21+,22+,23+,24+,26-,27+,28+,29-/m1/s1. The van der Waals surface area contributed by atoms with Crippen LogP contribution in [0.3, 0.4) is 0 Å². The minimum Gasteiger partial charge on any atom is -0.465 e. The fraction of sp³-hybridized carbons (Fsp3) is 0.897. The van der Waals surface area contributed by atoms with E-state index >= 15 is 0 Å². The lowest BCUT2D eigenvalue weighted by Gasteiger charge is -2.65. The maximum absolute atomic E-state index is 12.8. The predicted octanol–water partition coefficient (Wildman–Crippen LogP) is 2.36. The summed E-state index contributed by atoms with van der Waals surface area (Å²) < 4.78 is 41.9. The van der Waals surface area contributed by atoms with E-state index in [-0.39, 0.29) is 49.8 Å². The van der Waals surface area contributed by atoms with Gasteiger partial charge in [0.1, 0.15) is 18.3 Å². The second-order valence-electron chi connectivity index (χ2n) is 13.0. The molecule has 11 heteroatoms. The normalized spacial score (nSPS) is 47.5. The number of rotatable bonds is 7. The van der Waals surface area contributed by atoms with Crippen LogP contribution in [0.4, 0.5) is 0 Å². The second kappa shape index (κ2) is 10.5. The summed E-state index contributed by atoms with van der Waals surface area (Å²) in [6.07, 6.45) is -1.57. The van der Waals surface area contributed by atoms with Gasteiger partial charge in [-0.2, -0.15) is 0 Å². The van der Waals surface area contributed by atoms with E-state index < -0.39 is 64.9 Å². The quantitative estimate of drug-likeness (QED) is 0.275. The molecule has 3 saturated heterocycles. The Kier molecular flexibility index (Phi) is 7.78. The van der Waals surface area contributed by atoms with Crippen molar-refractivity contribution in [2.24, 2.45) is 34.5 Å². The summed E-state index contributed by atoms with van der Waals surface area (Å²) in [4.78, 5) is 37.5. The molecule has 5 fully saturated rings. The summed E-state index contributed by atoms with van der Waals surface area (Å²) in [5.74, 6) is -2.06. The van der Waals surface area contributed by atoms with Crippen LogP contribution < -0.4 is 0 Å². The van der Waals surface area contributed by atoms with Gasteiger partial charge in [0, 0.05) is 38.7 Å². The van der Waals surface area contributed by atoms with Crippen molar-refractivity contribution in [2.75, 3.05) is 20.3 Å². The Morgan fingerprint density at radius 2 is 1.73 bits per heavy atom. The van der Waals surface area contributed by atoms with Crippen LogP contribution in [0, 0.1) is 34.5 Å². The highest BCUT2D eigenvalue weighted by atomic mass is 16.8. The van der Waals surface area contributed by atoms with E-state index in [4.69, 9.17) is 33.2 Å². The van der Waals surface area contributed by atoms with Crippen LogP contribution in [0.5, 0.6) is 0 Å². The minimum atomic E-state index is -1.21. The lowest BCUT2D eigenvalue weighted by atomic mass is 9.41. The fourth-order valence-electron chi connectivity index (χ4n) is 8.33. The average Bonchev–Trinajstić information content (AvgIpc) is 3.41. The molecule has 5 aliphatic rings. The number of carbonyl (C=O) groups is 3. The minimum absolute atomic E-state index is 0.00730. The molecule has 2 aliphatic carbocycles. The van der Waals surface area contributed by atoms with E-state index in [1.165, 1.54) is 13.8 Å². The van der Waals surface area contributed by atoms with E-state index in [1.807, 2.05) is 0 Å². The molecule has 226 valence electrons. The summed E-state index contributed by atoms with van der Waals surface area (Å²) in [7, 11) is 1.62. The van der Waals surface area contributed by atoms with E-state index in [2.05, 4.69) is 13.8 Å². The van der Waals surface area contributed by atoms with Gasteiger partial charge in [0.15, 0.2) is 18.7 Å². The maximum Gasteiger partial charge on any atom is 0.308 e. The van der Waals surface area contributed by atoms with Crippen molar-refractivity contribution in [2.45, 2.75) is 110 Å². The van der Waals surface area contributed by atoms with Crippen LogP contribution >= 0.6 is 0 Å². The number of hydrogen-bond donors (Lipinski definition) is 1. The molecule has 40 heavy (non-hydrogen) atoms. The third kappa shape index (κ3) is 4.47. The van der Waals surface area contributed by atoms with Gasteiger partial charge >= 0.3 is 17.9 Å². The number of hydrogen-bond acceptors (Lipinski definition) is 11. The first-order valence-corrected chi connectivity index (χ1v) is 14.5. The average molecular weight is 569 g/mol.